The number of amides is 2. The average Bonchev–Trinajstić information content (AvgIpc) is 2.53. The predicted octanol–water partition coefficient (Wildman–Crippen LogP) is 2.45. The molecular formula is C18H21N3O2. The van der Waals surface area contributed by atoms with Crippen molar-refractivity contribution in [2.45, 2.75) is 20.3 Å². The fourth-order valence-electron chi connectivity index (χ4n) is 2.10. The Morgan fingerprint density at radius 3 is 2.61 bits per heavy atom. The van der Waals surface area contributed by atoms with Crippen molar-refractivity contribution < 1.29 is 9.59 Å². The summed E-state index contributed by atoms with van der Waals surface area (Å²) in [6, 6.07) is 13.8. The van der Waals surface area contributed by atoms with Gasteiger partial charge in [-0.3, -0.25) is 9.59 Å². The Labute approximate surface area is 135 Å². The van der Waals surface area contributed by atoms with Crippen molar-refractivity contribution in [3.63, 3.8) is 0 Å². The van der Waals surface area contributed by atoms with Gasteiger partial charge in [0, 0.05) is 12.1 Å². The van der Waals surface area contributed by atoms with Crippen molar-refractivity contribution >= 4 is 28.8 Å². The van der Waals surface area contributed by atoms with Gasteiger partial charge in [-0.25, -0.2) is 5.43 Å². The largest absolute Gasteiger partial charge is 0.355 e. The van der Waals surface area contributed by atoms with Crippen LogP contribution in [0.25, 0.3) is 10.8 Å². The highest BCUT2D eigenvalue weighted by Crippen LogP contribution is 2.16. The molecule has 0 fully saturated rings. The van der Waals surface area contributed by atoms with Crippen molar-refractivity contribution in [2.24, 2.45) is 11.0 Å². The SMILES string of the molecule is CC(C)CNC(=O)CC(=O)N/N=C\c1cccc2ccccc12. The van der Waals surface area contributed by atoms with Crippen molar-refractivity contribution in [2.75, 3.05) is 6.54 Å². The number of hydrogen-bond donors (Lipinski definition) is 2. The van der Waals surface area contributed by atoms with Crippen LogP contribution in [0.1, 0.15) is 25.8 Å². The molecule has 0 radical (unpaired) electrons. The van der Waals surface area contributed by atoms with Gasteiger partial charge in [0.25, 0.3) is 0 Å². The zero-order chi connectivity index (χ0) is 16.7. The van der Waals surface area contributed by atoms with Gasteiger partial charge in [0.05, 0.1) is 6.21 Å². The van der Waals surface area contributed by atoms with Crippen molar-refractivity contribution in [3.8, 4) is 0 Å². The molecule has 0 atom stereocenters. The summed E-state index contributed by atoms with van der Waals surface area (Å²) >= 11 is 0. The summed E-state index contributed by atoms with van der Waals surface area (Å²) < 4.78 is 0. The Kier molecular flexibility index (Phi) is 5.86. The number of rotatable bonds is 6. The predicted molar refractivity (Wildman–Crippen MR) is 92.1 cm³/mol. The molecule has 23 heavy (non-hydrogen) atoms. The average molecular weight is 311 g/mol. The van der Waals surface area contributed by atoms with Gasteiger partial charge >= 0.3 is 0 Å². The molecule has 0 unspecified atom stereocenters. The highest BCUT2D eigenvalue weighted by atomic mass is 16.2. The third kappa shape index (κ3) is 5.21. The number of carbonyl (C=O) groups excluding carboxylic acids is 2. The Morgan fingerprint density at radius 2 is 1.83 bits per heavy atom. The molecule has 5 heteroatoms. The van der Waals surface area contributed by atoms with Crippen LogP contribution in [0.2, 0.25) is 0 Å². The van der Waals surface area contributed by atoms with Gasteiger partial charge in [-0.05, 0) is 16.7 Å². The maximum absolute atomic E-state index is 11.7. The minimum absolute atomic E-state index is 0.223. The van der Waals surface area contributed by atoms with E-state index in [1.54, 1.807) is 6.21 Å². The zero-order valence-electron chi connectivity index (χ0n) is 13.4. The first kappa shape index (κ1) is 16.7. The van der Waals surface area contributed by atoms with E-state index in [2.05, 4.69) is 15.8 Å². The Bertz CT molecular complexity index is 718. The second-order valence-electron chi connectivity index (χ2n) is 5.74. The van der Waals surface area contributed by atoms with Crippen LogP contribution in [0.4, 0.5) is 0 Å². The highest BCUT2D eigenvalue weighted by molar-refractivity contribution is 6.00. The molecule has 0 spiro atoms. The van der Waals surface area contributed by atoms with Gasteiger partial charge in [-0.15, -0.1) is 0 Å². The van der Waals surface area contributed by atoms with E-state index in [0.717, 1.165) is 16.3 Å². The molecule has 5 nitrogen and oxygen atoms in total. The molecule has 2 amide bonds. The smallest absolute Gasteiger partial charge is 0.249 e. The molecule has 0 saturated carbocycles. The number of hydrazone groups is 1. The maximum atomic E-state index is 11.7. The van der Waals surface area contributed by atoms with E-state index in [1.807, 2.05) is 56.3 Å². The molecule has 120 valence electrons. The normalized spacial score (nSPS) is 11.1. The Balaban J connectivity index is 1.90. The molecule has 0 bridgehead atoms. The van der Waals surface area contributed by atoms with E-state index in [4.69, 9.17) is 0 Å². The lowest BCUT2D eigenvalue weighted by Gasteiger charge is -2.06. The van der Waals surface area contributed by atoms with Gasteiger partial charge in [0.1, 0.15) is 6.42 Å². The van der Waals surface area contributed by atoms with E-state index in [9.17, 15) is 9.59 Å². The molecule has 2 rings (SSSR count). The summed E-state index contributed by atoms with van der Waals surface area (Å²) in [5, 5.41) is 8.79. The molecule has 0 aliphatic heterocycles. The fourth-order valence-corrected chi connectivity index (χ4v) is 2.10. The number of carbonyl (C=O) groups is 2. The lowest BCUT2D eigenvalue weighted by molar-refractivity contribution is -0.129. The van der Waals surface area contributed by atoms with Crippen molar-refractivity contribution in [1.29, 1.82) is 0 Å². The number of hydrogen-bond acceptors (Lipinski definition) is 3. The van der Waals surface area contributed by atoms with E-state index in [-0.39, 0.29) is 12.3 Å². The maximum Gasteiger partial charge on any atom is 0.249 e. The summed E-state index contributed by atoms with van der Waals surface area (Å²) in [7, 11) is 0. The zero-order valence-corrected chi connectivity index (χ0v) is 13.4. The quantitative estimate of drug-likeness (QED) is 0.489. The molecule has 0 saturated heterocycles. The Morgan fingerprint density at radius 1 is 1.09 bits per heavy atom. The fraction of sp³-hybridized carbons (Fsp3) is 0.278. The lowest BCUT2D eigenvalue weighted by atomic mass is 10.1. The number of nitrogens with zero attached hydrogens (tertiary/aromatic N) is 1. The highest BCUT2D eigenvalue weighted by Gasteiger charge is 2.08. The summed E-state index contributed by atoms with van der Waals surface area (Å²) in [5.41, 5.74) is 3.29. The van der Waals surface area contributed by atoms with Crippen LogP contribution in [0.3, 0.4) is 0 Å². The molecule has 0 aliphatic carbocycles. The van der Waals surface area contributed by atoms with Gasteiger partial charge in [-0.2, -0.15) is 5.10 Å². The monoisotopic (exact) mass is 311 g/mol. The second kappa shape index (κ2) is 8.08. The van der Waals surface area contributed by atoms with E-state index < -0.39 is 5.91 Å². The minimum Gasteiger partial charge on any atom is -0.355 e. The topological polar surface area (TPSA) is 70.6 Å². The summed E-state index contributed by atoms with van der Waals surface area (Å²) in [6.45, 7) is 4.55. The first-order valence-electron chi connectivity index (χ1n) is 7.62. The molecule has 0 heterocycles. The third-order valence-electron chi connectivity index (χ3n) is 3.24. The van der Waals surface area contributed by atoms with Gasteiger partial charge < -0.3 is 5.32 Å². The number of fused-ring (bicyclic) bond motifs is 1. The first-order valence-corrected chi connectivity index (χ1v) is 7.62. The minimum atomic E-state index is -0.428. The standard InChI is InChI=1S/C18H21N3O2/c1-13(2)11-19-17(22)10-18(23)21-20-12-15-8-5-7-14-6-3-4-9-16(14)15/h3-9,12-13H,10-11H2,1-2H3,(H,19,22)(H,21,23)/b20-12-. The van der Waals surface area contributed by atoms with Crippen molar-refractivity contribution in [3.05, 3.63) is 48.0 Å². The summed E-state index contributed by atoms with van der Waals surface area (Å²) in [5.74, 6) is -0.370. The molecule has 0 aliphatic rings. The summed E-state index contributed by atoms with van der Waals surface area (Å²) in [6.07, 6.45) is 1.37. The number of nitrogens with one attached hydrogen (secondary N) is 2. The summed E-state index contributed by atoms with van der Waals surface area (Å²) in [4.78, 5) is 23.2. The van der Waals surface area contributed by atoms with Crippen LogP contribution in [0, 0.1) is 5.92 Å². The molecular weight excluding hydrogens is 290 g/mol. The van der Waals surface area contributed by atoms with Gasteiger partial charge in [0.15, 0.2) is 0 Å². The number of benzene rings is 2. The molecule has 2 N–H and O–H groups in total. The lowest BCUT2D eigenvalue weighted by Crippen LogP contribution is -2.32. The molecule has 0 aromatic heterocycles. The van der Waals surface area contributed by atoms with Crippen LogP contribution in [0.15, 0.2) is 47.6 Å². The van der Waals surface area contributed by atoms with Gasteiger partial charge in [0.2, 0.25) is 11.8 Å². The van der Waals surface area contributed by atoms with E-state index in [1.165, 1.54) is 0 Å². The van der Waals surface area contributed by atoms with E-state index in [0.29, 0.717) is 12.5 Å². The second-order valence-corrected chi connectivity index (χ2v) is 5.74. The first-order chi connectivity index (χ1) is 11.1. The van der Waals surface area contributed by atoms with Crippen LogP contribution >= 0.6 is 0 Å². The Hall–Kier alpha value is -2.69. The third-order valence-corrected chi connectivity index (χ3v) is 3.24. The van der Waals surface area contributed by atoms with Crippen LogP contribution in [-0.2, 0) is 9.59 Å². The van der Waals surface area contributed by atoms with E-state index >= 15 is 0 Å². The molecule has 2 aromatic rings. The molecule has 2 aromatic carbocycles. The van der Waals surface area contributed by atoms with Gasteiger partial charge in [-0.1, -0.05) is 56.3 Å². The van der Waals surface area contributed by atoms with Crippen molar-refractivity contribution in [1.82, 2.24) is 10.7 Å². The van der Waals surface area contributed by atoms with Crippen LogP contribution < -0.4 is 10.7 Å². The van der Waals surface area contributed by atoms with Crippen LogP contribution in [-0.4, -0.2) is 24.6 Å². The van der Waals surface area contributed by atoms with Crippen LogP contribution in [0.5, 0.6) is 0 Å².